The van der Waals surface area contributed by atoms with E-state index in [4.69, 9.17) is 0 Å². The van der Waals surface area contributed by atoms with Crippen molar-refractivity contribution in [2.45, 2.75) is 65.3 Å². The van der Waals surface area contributed by atoms with Gasteiger partial charge in [-0.15, -0.1) is 0 Å². The minimum atomic E-state index is -3.32. The maximum Gasteiger partial charge on any atom is 0.279 e. The molecule has 21 heavy (non-hydrogen) atoms. The highest BCUT2D eigenvalue weighted by atomic mass is 32.2. The molecule has 2 unspecified atom stereocenters. The third-order valence-electron chi connectivity index (χ3n) is 4.10. The summed E-state index contributed by atoms with van der Waals surface area (Å²) in [5.41, 5.74) is 0. The Balaban J connectivity index is 2.45. The fourth-order valence-electron chi connectivity index (χ4n) is 2.85. The number of hydrogen-bond acceptors (Lipinski definition) is 3. The second-order valence-electron chi connectivity index (χ2n) is 6.19. The highest BCUT2D eigenvalue weighted by Crippen LogP contribution is 2.18. The van der Waals surface area contributed by atoms with Gasteiger partial charge in [0.25, 0.3) is 10.2 Å². The van der Waals surface area contributed by atoms with Crippen molar-refractivity contribution in [2.75, 3.05) is 26.2 Å². The number of piperidine rings is 1. The van der Waals surface area contributed by atoms with Gasteiger partial charge in [0.2, 0.25) is 0 Å². The topological polar surface area (TPSA) is 61.4 Å². The standard InChI is InChI=1S/C15H33N3O2S/c1-4-6-7-9-14(3)17-21(19,20)18-11-8-10-15(13-18)12-16-5-2/h14-17H,4-13H2,1-3H3. The van der Waals surface area contributed by atoms with Gasteiger partial charge in [-0.3, -0.25) is 0 Å². The molecule has 2 N–H and O–H groups in total. The van der Waals surface area contributed by atoms with Crippen molar-refractivity contribution in [2.24, 2.45) is 5.92 Å². The average Bonchev–Trinajstić information content (AvgIpc) is 2.45. The Morgan fingerprint density at radius 3 is 2.71 bits per heavy atom. The Morgan fingerprint density at radius 1 is 1.29 bits per heavy atom. The summed E-state index contributed by atoms with van der Waals surface area (Å²) < 4.78 is 29.4. The van der Waals surface area contributed by atoms with Gasteiger partial charge in [-0.2, -0.15) is 17.4 Å². The van der Waals surface area contributed by atoms with E-state index in [1.807, 2.05) is 6.92 Å². The van der Waals surface area contributed by atoms with Crippen LogP contribution < -0.4 is 10.0 Å². The molecule has 1 fully saturated rings. The second kappa shape index (κ2) is 9.77. The molecular formula is C15H33N3O2S. The quantitative estimate of drug-likeness (QED) is 0.606. The summed E-state index contributed by atoms with van der Waals surface area (Å²) in [6, 6.07) is 0.0238. The van der Waals surface area contributed by atoms with Crippen LogP contribution in [0.4, 0.5) is 0 Å². The SMILES string of the molecule is CCCCCC(C)NS(=O)(=O)N1CCCC(CNCC)C1. The van der Waals surface area contributed by atoms with Crippen LogP contribution in [0.1, 0.15) is 59.3 Å². The molecule has 1 saturated heterocycles. The molecule has 2 atom stereocenters. The summed E-state index contributed by atoms with van der Waals surface area (Å²) in [7, 11) is -3.32. The predicted molar refractivity (Wildman–Crippen MR) is 88.5 cm³/mol. The third kappa shape index (κ3) is 7.08. The van der Waals surface area contributed by atoms with Crippen molar-refractivity contribution in [3.8, 4) is 0 Å². The highest BCUT2D eigenvalue weighted by molar-refractivity contribution is 7.87. The predicted octanol–water partition coefficient (Wildman–Crippen LogP) is 2.11. The Morgan fingerprint density at radius 2 is 2.05 bits per heavy atom. The molecule has 0 saturated carbocycles. The molecule has 126 valence electrons. The lowest BCUT2D eigenvalue weighted by atomic mass is 10.00. The van der Waals surface area contributed by atoms with Crippen LogP contribution >= 0.6 is 0 Å². The van der Waals surface area contributed by atoms with Gasteiger partial charge in [0.15, 0.2) is 0 Å². The molecule has 6 heteroatoms. The first-order chi connectivity index (χ1) is 9.99. The van der Waals surface area contributed by atoms with Gasteiger partial charge in [-0.25, -0.2) is 0 Å². The first-order valence-corrected chi connectivity index (χ1v) is 9.91. The second-order valence-corrected chi connectivity index (χ2v) is 7.90. The van der Waals surface area contributed by atoms with E-state index in [0.717, 1.165) is 45.2 Å². The zero-order valence-corrected chi connectivity index (χ0v) is 14.7. The van der Waals surface area contributed by atoms with E-state index in [2.05, 4.69) is 23.9 Å². The van der Waals surface area contributed by atoms with Crippen molar-refractivity contribution in [3.05, 3.63) is 0 Å². The lowest BCUT2D eigenvalue weighted by Crippen LogP contribution is -2.49. The van der Waals surface area contributed by atoms with E-state index >= 15 is 0 Å². The van der Waals surface area contributed by atoms with E-state index in [0.29, 0.717) is 19.0 Å². The molecule has 0 bridgehead atoms. The summed E-state index contributed by atoms with van der Waals surface area (Å²) in [5, 5.41) is 3.32. The Labute approximate surface area is 131 Å². The van der Waals surface area contributed by atoms with Gasteiger partial charge >= 0.3 is 0 Å². The Kier molecular flexibility index (Phi) is 8.78. The minimum absolute atomic E-state index is 0.0238. The van der Waals surface area contributed by atoms with Gasteiger partial charge in [-0.05, 0) is 45.2 Å². The summed E-state index contributed by atoms with van der Waals surface area (Å²) in [6.07, 6.45) is 6.41. The Hall–Kier alpha value is -0.170. The normalized spacial score (nSPS) is 22.3. The largest absolute Gasteiger partial charge is 0.317 e. The lowest BCUT2D eigenvalue weighted by molar-refractivity contribution is 0.257. The van der Waals surface area contributed by atoms with Gasteiger partial charge in [0.1, 0.15) is 0 Å². The van der Waals surface area contributed by atoms with Crippen molar-refractivity contribution in [1.82, 2.24) is 14.3 Å². The molecule has 0 amide bonds. The number of nitrogens with one attached hydrogen (secondary N) is 2. The van der Waals surface area contributed by atoms with E-state index in [1.54, 1.807) is 4.31 Å². The number of unbranched alkanes of at least 4 members (excludes halogenated alkanes) is 2. The van der Waals surface area contributed by atoms with Crippen molar-refractivity contribution < 1.29 is 8.42 Å². The molecule has 5 nitrogen and oxygen atoms in total. The summed E-state index contributed by atoms with van der Waals surface area (Å²) in [5.74, 6) is 0.436. The van der Waals surface area contributed by atoms with Crippen LogP contribution in [0.25, 0.3) is 0 Å². The molecule has 0 aromatic heterocycles. The molecule has 1 heterocycles. The van der Waals surface area contributed by atoms with Crippen LogP contribution in [0.15, 0.2) is 0 Å². The van der Waals surface area contributed by atoms with Crippen LogP contribution in [0.5, 0.6) is 0 Å². The molecule has 0 radical (unpaired) electrons. The first kappa shape index (κ1) is 18.9. The maximum atomic E-state index is 12.4. The van der Waals surface area contributed by atoms with Gasteiger partial charge in [0.05, 0.1) is 0 Å². The van der Waals surface area contributed by atoms with Crippen molar-refractivity contribution >= 4 is 10.2 Å². The van der Waals surface area contributed by atoms with Crippen LogP contribution in [-0.2, 0) is 10.2 Å². The number of rotatable bonds is 10. The zero-order chi connectivity index (χ0) is 15.7. The van der Waals surface area contributed by atoms with E-state index < -0.39 is 10.2 Å². The lowest BCUT2D eigenvalue weighted by Gasteiger charge is -2.32. The molecule has 1 rings (SSSR count). The smallest absolute Gasteiger partial charge is 0.279 e. The number of nitrogens with zero attached hydrogens (tertiary/aromatic N) is 1. The summed E-state index contributed by atoms with van der Waals surface area (Å²) in [6.45, 7) is 9.35. The fraction of sp³-hybridized carbons (Fsp3) is 1.00. The van der Waals surface area contributed by atoms with Gasteiger partial charge in [-0.1, -0.05) is 33.1 Å². The molecular weight excluding hydrogens is 286 g/mol. The van der Waals surface area contributed by atoms with Crippen LogP contribution in [-0.4, -0.2) is 44.9 Å². The summed E-state index contributed by atoms with van der Waals surface area (Å²) >= 11 is 0. The average molecular weight is 320 g/mol. The highest BCUT2D eigenvalue weighted by Gasteiger charge is 2.29. The zero-order valence-electron chi connectivity index (χ0n) is 13.9. The van der Waals surface area contributed by atoms with Crippen molar-refractivity contribution in [1.29, 1.82) is 0 Å². The van der Waals surface area contributed by atoms with Gasteiger partial charge < -0.3 is 5.32 Å². The number of hydrogen-bond donors (Lipinski definition) is 2. The Bertz CT molecular complexity index is 373. The monoisotopic (exact) mass is 319 g/mol. The van der Waals surface area contributed by atoms with E-state index in [1.165, 1.54) is 6.42 Å². The first-order valence-electron chi connectivity index (χ1n) is 8.47. The molecule has 1 aliphatic rings. The molecule has 0 aliphatic carbocycles. The molecule has 0 aromatic carbocycles. The van der Waals surface area contributed by atoms with E-state index in [9.17, 15) is 8.42 Å². The minimum Gasteiger partial charge on any atom is -0.317 e. The molecule has 0 spiro atoms. The summed E-state index contributed by atoms with van der Waals surface area (Å²) in [4.78, 5) is 0. The van der Waals surface area contributed by atoms with E-state index in [-0.39, 0.29) is 6.04 Å². The molecule has 0 aromatic rings. The maximum absolute atomic E-state index is 12.4. The van der Waals surface area contributed by atoms with Crippen LogP contribution in [0.3, 0.4) is 0 Å². The third-order valence-corrected chi connectivity index (χ3v) is 5.81. The van der Waals surface area contributed by atoms with Gasteiger partial charge in [0, 0.05) is 19.1 Å². The van der Waals surface area contributed by atoms with Crippen LogP contribution in [0.2, 0.25) is 0 Å². The fourth-order valence-corrected chi connectivity index (χ4v) is 4.40. The van der Waals surface area contributed by atoms with Crippen LogP contribution in [0, 0.1) is 5.92 Å². The van der Waals surface area contributed by atoms with Crippen molar-refractivity contribution in [3.63, 3.8) is 0 Å². The molecule has 1 aliphatic heterocycles.